The minimum absolute atomic E-state index is 0.206. The molecule has 2 amide bonds. The van der Waals surface area contributed by atoms with Gasteiger partial charge in [-0.05, 0) is 48.7 Å². The van der Waals surface area contributed by atoms with Crippen molar-refractivity contribution in [2.45, 2.75) is 26.4 Å². The third-order valence-electron chi connectivity index (χ3n) is 4.54. The molecule has 0 radical (unpaired) electrons. The standard InChI is InChI=1S/C25H26N2O4/c1-19-7-9-20(10-8-19)11-16-24(28)26-27-25(29)18-31-23-14-12-22(13-15-23)30-17-21-5-3-2-4-6-21/h2-10,12-15H,11,16-18H2,1H3,(H,26,28)(H,27,29). The number of hydrazine groups is 1. The summed E-state index contributed by atoms with van der Waals surface area (Å²) in [6, 6.07) is 24.9. The van der Waals surface area contributed by atoms with Crippen molar-refractivity contribution in [1.29, 1.82) is 0 Å². The first-order valence-electron chi connectivity index (χ1n) is 10.1. The van der Waals surface area contributed by atoms with Gasteiger partial charge in [0.2, 0.25) is 5.91 Å². The van der Waals surface area contributed by atoms with Crippen molar-refractivity contribution in [1.82, 2.24) is 10.9 Å². The summed E-state index contributed by atoms with van der Waals surface area (Å²) in [4.78, 5) is 23.8. The van der Waals surface area contributed by atoms with Crippen LogP contribution in [0.1, 0.15) is 23.1 Å². The second-order valence-electron chi connectivity index (χ2n) is 7.12. The number of nitrogens with one attached hydrogen (secondary N) is 2. The summed E-state index contributed by atoms with van der Waals surface area (Å²) in [5.41, 5.74) is 8.10. The predicted octanol–water partition coefficient (Wildman–Crippen LogP) is 3.73. The lowest BCUT2D eigenvalue weighted by Gasteiger charge is -2.10. The van der Waals surface area contributed by atoms with Crippen LogP contribution < -0.4 is 20.3 Å². The highest BCUT2D eigenvalue weighted by atomic mass is 16.5. The van der Waals surface area contributed by atoms with E-state index in [2.05, 4.69) is 10.9 Å². The van der Waals surface area contributed by atoms with Crippen LogP contribution in [0.15, 0.2) is 78.9 Å². The largest absolute Gasteiger partial charge is 0.489 e. The van der Waals surface area contributed by atoms with Crippen molar-refractivity contribution < 1.29 is 19.1 Å². The summed E-state index contributed by atoms with van der Waals surface area (Å²) in [6.07, 6.45) is 0.895. The zero-order chi connectivity index (χ0) is 21.9. The van der Waals surface area contributed by atoms with Crippen LogP contribution in [0.2, 0.25) is 0 Å². The Bertz CT molecular complexity index is 971. The van der Waals surface area contributed by atoms with Gasteiger partial charge < -0.3 is 9.47 Å². The van der Waals surface area contributed by atoms with E-state index in [0.717, 1.165) is 11.1 Å². The minimum Gasteiger partial charge on any atom is -0.489 e. The molecule has 6 heteroatoms. The molecule has 0 aliphatic carbocycles. The molecule has 160 valence electrons. The van der Waals surface area contributed by atoms with Gasteiger partial charge in [-0.1, -0.05) is 60.2 Å². The lowest BCUT2D eigenvalue weighted by Crippen LogP contribution is -2.43. The summed E-state index contributed by atoms with van der Waals surface area (Å²) in [5, 5.41) is 0. The Hall–Kier alpha value is -3.80. The first-order chi connectivity index (χ1) is 15.1. The highest BCUT2D eigenvalue weighted by Crippen LogP contribution is 2.18. The molecule has 3 aromatic rings. The van der Waals surface area contributed by atoms with Crippen molar-refractivity contribution in [2.24, 2.45) is 0 Å². The second kappa shape index (κ2) is 11.4. The Kier molecular flexibility index (Phi) is 8.05. The van der Waals surface area contributed by atoms with Crippen molar-refractivity contribution in [3.05, 3.63) is 95.6 Å². The van der Waals surface area contributed by atoms with Gasteiger partial charge in [0.25, 0.3) is 5.91 Å². The topological polar surface area (TPSA) is 76.7 Å². The molecule has 0 atom stereocenters. The van der Waals surface area contributed by atoms with Gasteiger partial charge in [0.05, 0.1) is 0 Å². The maximum absolute atomic E-state index is 11.9. The van der Waals surface area contributed by atoms with E-state index in [1.165, 1.54) is 5.56 Å². The normalized spacial score (nSPS) is 10.2. The monoisotopic (exact) mass is 418 g/mol. The quantitative estimate of drug-likeness (QED) is 0.519. The molecule has 0 aliphatic heterocycles. The number of rotatable bonds is 9. The Morgan fingerprint density at radius 1 is 0.710 bits per heavy atom. The lowest BCUT2D eigenvalue weighted by molar-refractivity contribution is -0.130. The average Bonchev–Trinajstić information content (AvgIpc) is 2.81. The molecule has 0 fully saturated rings. The summed E-state index contributed by atoms with van der Waals surface area (Å²) in [7, 11) is 0. The van der Waals surface area contributed by atoms with E-state index in [-0.39, 0.29) is 18.9 Å². The number of hydrogen-bond donors (Lipinski definition) is 2. The number of ether oxygens (including phenoxy) is 2. The molecule has 31 heavy (non-hydrogen) atoms. The molecule has 0 bridgehead atoms. The van der Waals surface area contributed by atoms with Gasteiger partial charge in [-0.25, -0.2) is 0 Å². The van der Waals surface area contributed by atoms with Gasteiger partial charge >= 0.3 is 0 Å². The zero-order valence-electron chi connectivity index (χ0n) is 17.5. The van der Waals surface area contributed by atoms with Gasteiger partial charge in [0.15, 0.2) is 6.61 Å². The Morgan fingerprint density at radius 2 is 1.32 bits per heavy atom. The summed E-state index contributed by atoms with van der Waals surface area (Å²) < 4.78 is 11.2. The molecule has 0 heterocycles. The Morgan fingerprint density at radius 3 is 2.00 bits per heavy atom. The molecule has 3 rings (SSSR count). The van der Waals surface area contributed by atoms with Crippen LogP contribution in [0, 0.1) is 6.92 Å². The molecule has 0 saturated heterocycles. The second-order valence-corrected chi connectivity index (χ2v) is 7.12. The minimum atomic E-state index is -0.437. The molecular formula is C25H26N2O4. The van der Waals surface area contributed by atoms with Crippen molar-refractivity contribution in [3.8, 4) is 11.5 Å². The van der Waals surface area contributed by atoms with E-state index in [1.807, 2.05) is 61.5 Å². The molecule has 3 aromatic carbocycles. The fraction of sp³-hybridized carbons (Fsp3) is 0.200. The van der Waals surface area contributed by atoms with E-state index in [9.17, 15) is 9.59 Å². The first kappa shape index (κ1) is 21.9. The molecule has 0 aromatic heterocycles. The molecule has 0 spiro atoms. The fourth-order valence-corrected chi connectivity index (χ4v) is 2.77. The van der Waals surface area contributed by atoms with Crippen LogP contribution in [0.25, 0.3) is 0 Å². The van der Waals surface area contributed by atoms with Gasteiger partial charge in [0.1, 0.15) is 18.1 Å². The number of hydrogen-bond acceptors (Lipinski definition) is 4. The van der Waals surface area contributed by atoms with E-state index >= 15 is 0 Å². The number of carbonyl (C=O) groups excluding carboxylic acids is 2. The molecule has 0 saturated carbocycles. The number of amides is 2. The molecular weight excluding hydrogens is 392 g/mol. The number of aryl methyl sites for hydroxylation is 2. The van der Waals surface area contributed by atoms with Crippen LogP contribution in [-0.4, -0.2) is 18.4 Å². The van der Waals surface area contributed by atoms with E-state index in [0.29, 0.717) is 24.5 Å². The summed E-state index contributed by atoms with van der Waals surface area (Å²) >= 11 is 0. The zero-order valence-corrected chi connectivity index (χ0v) is 17.5. The number of carbonyl (C=O) groups is 2. The maximum atomic E-state index is 11.9. The highest BCUT2D eigenvalue weighted by Gasteiger charge is 2.07. The van der Waals surface area contributed by atoms with Crippen molar-refractivity contribution in [3.63, 3.8) is 0 Å². The van der Waals surface area contributed by atoms with Crippen molar-refractivity contribution in [2.75, 3.05) is 6.61 Å². The molecule has 0 unspecified atom stereocenters. The summed E-state index contributed by atoms with van der Waals surface area (Å²) in [5.74, 6) is 0.552. The van der Waals surface area contributed by atoms with E-state index < -0.39 is 5.91 Å². The average molecular weight is 418 g/mol. The third-order valence-corrected chi connectivity index (χ3v) is 4.54. The van der Waals surface area contributed by atoms with Crippen molar-refractivity contribution >= 4 is 11.8 Å². The predicted molar refractivity (Wildman–Crippen MR) is 118 cm³/mol. The van der Waals surface area contributed by atoms with Crippen LogP contribution in [0.5, 0.6) is 11.5 Å². The molecule has 0 aliphatic rings. The maximum Gasteiger partial charge on any atom is 0.276 e. The Labute approximate surface area is 182 Å². The van der Waals surface area contributed by atoms with E-state index in [1.54, 1.807) is 24.3 Å². The van der Waals surface area contributed by atoms with Gasteiger partial charge in [-0.15, -0.1) is 0 Å². The van der Waals surface area contributed by atoms with Crippen LogP contribution in [0.4, 0.5) is 0 Å². The van der Waals surface area contributed by atoms with E-state index in [4.69, 9.17) is 9.47 Å². The Balaban J connectivity index is 1.32. The van der Waals surface area contributed by atoms with Gasteiger partial charge in [0, 0.05) is 6.42 Å². The highest BCUT2D eigenvalue weighted by molar-refractivity contribution is 5.82. The first-order valence-corrected chi connectivity index (χ1v) is 10.1. The van der Waals surface area contributed by atoms with Crippen LogP contribution >= 0.6 is 0 Å². The molecule has 2 N–H and O–H groups in total. The number of benzene rings is 3. The smallest absolute Gasteiger partial charge is 0.276 e. The SMILES string of the molecule is Cc1ccc(CCC(=O)NNC(=O)COc2ccc(OCc3ccccc3)cc2)cc1. The summed E-state index contributed by atoms with van der Waals surface area (Å²) in [6.45, 7) is 2.29. The third kappa shape index (κ3) is 7.85. The lowest BCUT2D eigenvalue weighted by atomic mass is 10.1. The van der Waals surface area contributed by atoms with Crippen LogP contribution in [0.3, 0.4) is 0 Å². The van der Waals surface area contributed by atoms with Gasteiger partial charge in [-0.2, -0.15) is 0 Å². The molecule has 6 nitrogen and oxygen atoms in total. The fourth-order valence-electron chi connectivity index (χ4n) is 2.77. The van der Waals surface area contributed by atoms with Gasteiger partial charge in [-0.3, -0.25) is 20.4 Å². The van der Waals surface area contributed by atoms with Crippen LogP contribution in [-0.2, 0) is 22.6 Å².